The van der Waals surface area contributed by atoms with Gasteiger partial charge in [-0.3, -0.25) is 4.99 Å². The topological polar surface area (TPSA) is 33.6 Å². The van der Waals surface area contributed by atoms with Crippen LogP contribution in [-0.4, -0.2) is 36.2 Å². The average Bonchev–Trinajstić information content (AvgIpc) is 2.61. The van der Waals surface area contributed by atoms with Crippen LogP contribution < -0.4 is 5.32 Å². The molecule has 3 nitrogen and oxygen atoms in total. The summed E-state index contributed by atoms with van der Waals surface area (Å²) in [6, 6.07) is 0.351. The minimum absolute atomic E-state index is 0.351. The lowest BCUT2D eigenvalue weighted by Crippen LogP contribution is -2.33. The Balaban J connectivity index is 2.20. The molecule has 0 bridgehead atoms. The van der Waals surface area contributed by atoms with Crippen LogP contribution in [0.3, 0.4) is 0 Å². The number of rotatable bonds is 6. The number of aliphatic imine (C=N–C) groups is 1. The van der Waals surface area contributed by atoms with Gasteiger partial charge >= 0.3 is 0 Å². The fourth-order valence-corrected chi connectivity index (χ4v) is 3.06. The fourth-order valence-electron chi connectivity index (χ4n) is 1.69. The zero-order chi connectivity index (χ0) is 12.0. The Morgan fingerprint density at radius 1 is 1.50 bits per heavy atom. The summed E-state index contributed by atoms with van der Waals surface area (Å²) < 4.78 is 5.37. The minimum atomic E-state index is 0.351. The van der Waals surface area contributed by atoms with E-state index in [0.717, 1.165) is 30.8 Å². The third-order valence-corrected chi connectivity index (χ3v) is 3.54. The third kappa shape index (κ3) is 5.21. The van der Waals surface area contributed by atoms with Crippen molar-refractivity contribution in [1.82, 2.24) is 5.32 Å². The normalized spacial score (nSPS) is 22.3. The number of thioether (sulfide) groups is 1. The molecule has 0 radical (unpaired) electrons. The standard InChI is InChI=1S/C12H24N2OS/c1-5-15-8-10(4)14-12-13-7-11(16-12)6-9(2)3/h9-11H,5-8H2,1-4H3,(H,13,14). The predicted molar refractivity (Wildman–Crippen MR) is 72.2 cm³/mol. The molecule has 94 valence electrons. The number of amidine groups is 1. The van der Waals surface area contributed by atoms with Crippen molar-refractivity contribution >= 4 is 16.9 Å². The first-order valence-corrected chi connectivity index (χ1v) is 7.05. The van der Waals surface area contributed by atoms with Crippen molar-refractivity contribution in [1.29, 1.82) is 0 Å². The van der Waals surface area contributed by atoms with Crippen LogP contribution in [0.1, 0.15) is 34.1 Å². The molecule has 0 aromatic rings. The number of ether oxygens (including phenoxy) is 1. The molecule has 0 spiro atoms. The Hall–Kier alpha value is -0.220. The maximum atomic E-state index is 5.37. The van der Waals surface area contributed by atoms with E-state index in [1.54, 1.807) is 0 Å². The van der Waals surface area contributed by atoms with Gasteiger partial charge in [-0.2, -0.15) is 0 Å². The zero-order valence-electron chi connectivity index (χ0n) is 10.8. The Morgan fingerprint density at radius 3 is 2.88 bits per heavy atom. The highest BCUT2D eigenvalue weighted by molar-refractivity contribution is 8.14. The van der Waals surface area contributed by atoms with E-state index in [-0.39, 0.29) is 0 Å². The van der Waals surface area contributed by atoms with E-state index < -0.39 is 0 Å². The molecule has 0 saturated carbocycles. The SMILES string of the molecule is CCOCC(C)NC1=NCC(CC(C)C)S1. The molecule has 4 heteroatoms. The molecule has 16 heavy (non-hydrogen) atoms. The van der Waals surface area contributed by atoms with Gasteiger partial charge in [0.2, 0.25) is 0 Å². The molecule has 0 aromatic heterocycles. The predicted octanol–water partition coefficient (Wildman–Crippen LogP) is 2.52. The number of nitrogens with one attached hydrogen (secondary N) is 1. The Labute approximate surface area is 103 Å². The van der Waals surface area contributed by atoms with E-state index in [4.69, 9.17) is 4.74 Å². The summed E-state index contributed by atoms with van der Waals surface area (Å²) >= 11 is 1.88. The van der Waals surface area contributed by atoms with Crippen molar-refractivity contribution < 1.29 is 4.74 Å². The van der Waals surface area contributed by atoms with Crippen LogP contribution in [0.2, 0.25) is 0 Å². The third-order valence-electron chi connectivity index (χ3n) is 2.39. The average molecular weight is 244 g/mol. The van der Waals surface area contributed by atoms with Crippen LogP contribution in [0.4, 0.5) is 0 Å². The van der Waals surface area contributed by atoms with Crippen molar-refractivity contribution in [3.05, 3.63) is 0 Å². The van der Waals surface area contributed by atoms with Crippen molar-refractivity contribution in [3.63, 3.8) is 0 Å². The van der Waals surface area contributed by atoms with Gasteiger partial charge in [-0.25, -0.2) is 0 Å². The maximum Gasteiger partial charge on any atom is 0.157 e. The van der Waals surface area contributed by atoms with Crippen molar-refractivity contribution in [3.8, 4) is 0 Å². The van der Waals surface area contributed by atoms with Crippen molar-refractivity contribution in [2.24, 2.45) is 10.9 Å². The van der Waals surface area contributed by atoms with Crippen LogP contribution in [0.15, 0.2) is 4.99 Å². The molecule has 0 aromatic carbocycles. The van der Waals surface area contributed by atoms with E-state index in [2.05, 4.69) is 31.1 Å². The lowest BCUT2D eigenvalue weighted by Gasteiger charge is -2.15. The summed E-state index contributed by atoms with van der Waals surface area (Å²) in [7, 11) is 0. The largest absolute Gasteiger partial charge is 0.380 e. The van der Waals surface area contributed by atoms with E-state index in [9.17, 15) is 0 Å². The monoisotopic (exact) mass is 244 g/mol. The van der Waals surface area contributed by atoms with Crippen LogP contribution in [0.25, 0.3) is 0 Å². The van der Waals surface area contributed by atoms with Gasteiger partial charge in [0, 0.05) is 17.9 Å². The van der Waals surface area contributed by atoms with E-state index in [1.165, 1.54) is 6.42 Å². The van der Waals surface area contributed by atoms with E-state index in [1.807, 2.05) is 18.7 Å². The van der Waals surface area contributed by atoms with Gasteiger partial charge in [0.1, 0.15) is 0 Å². The number of hydrogen-bond acceptors (Lipinski definition) is 4. The molecule has 0 fully saturated rings. The quantitative estimate of drug-likeness (QED) is 0.779. The van der Waals surface area contributed by atoms with Crippen LogP contribution in [0.5, 0.6) is 0 Å². The summed E-state index contributed by atoms with van der Waals surface area (Å²) in [5, 5.41) is 5.17. The smallest absolute Gasteiger partial charge is 0.157 e. The van der Waals surface area contributed by atoms with Gasteiger partial charge < -0.3 is 10.1 Å². The van der Waals surface area contributed by atoms with Crippen molar-refractivity contribution in [2.45, 2.75) is 45.4 Å². The molecule has 0 amide bonds. The van der Waals surface area contributed by atoms with Gasteiger partial charge in [-0.1, -0.05) is 25.6 Å². The Morgan fingerprint density at radius 2 is 2.25 bits per heavy atom. The molecule has 1 N–H and O–H groups in total. The molecule has 0 saturated heterocycles. The van der Waals surface area contributed by atoms with Gasteiger partial charge in [-0.05, 0) is 26.2 Å². The molecule has 1 rings (SSSR count). The summed E-state index contributed by atoms with van der Waals surface area (Å²) in [4.78, 5) is 4.53. The fraction of sp³-hybridized carbons (Fsp3) is 0.917. The molecular weight excluding hydrogens is 220 g/mol. The summed E-state index contributed by atoms with van der Waals surface area (Å²) in [6.07, 6.45) is 1.25. The molecular formula is C12H24N2OS. The highest BCUT2D eigenvalue weighted by Crippen LogP contribution is 2.25. The number of nitrogens with zero attached hydrogens (tertiary/aromatic N) is 1. The molecule has 1 heterocycles. The van der Waals surface area contributed by atoms with Gasteiger partial charge in [-0.15, -0.1) is 0 Å². The maximum absolute atomic E-state index is 5.37. The van der Waals surface area contributed by atoms with Crippen LogP contribution in [0, 0.1) is 5.92 Å². The first-order valence-electron chi connectivity index (χ1n) is 6.17. The lowest BCUT2D eigenvalue weighted by molar-refractivity contribution is 0.133. The second-order valence-corrected chi connectivity index (χ2v) is 6.01. The second kappa shape index (κ2) is 7.17. The first kappa shape index (κ1) is 13.8. The van der Waals surface area contributed by atoms with Gasteiger partial charge in [0.15, 0.2) is 5.17 Å². The molecule has 2 unspecified atom stereocenters. The number of hydrogen-bond donors (Lipinski definition) is 1. The van der Waals surface area contributed by atoms with Crippen molar-refractivity contribution in [2.75, 3.05) is 19.8 Å². The Bertz CT molecular complexity index is 231. The van der Waals surface area contributed by atoms with Crippen LogP contribution >= 0.6 is 11.8 Å². The molecule has 1 aliphatic rings. The summed E-state index contributed by atoms with van der Waals surface area (Å²) in [6.45, 7) is 11.2. The summed E-state index contributed by atoms with van der Waals surface area (Å²) in [5.41, 5.74) is 0. The molecule has 1 aliphatic heterocycles. The van der Waals surface area contributed by atoms with Gasteiger partial charge in [0.05, 0.1) is 13.2 Å². The second-order valence-electron chi connectivity index (χ2n) is 4.72. The van der Waals surface area contributed by atoms with Crippen LogP contribution in [-0.2, 0) is 4.74 Å². The Kier molecular flexibility index (Phi) is 6.21. The molecule has 2 atom stereocenters. The minimum Gasteiger partial charge on any atom is -0.380 e. The van der Waals surface area contributed by atoms with E-state index >= 15 is 0 Å². The highest BCUT2D eigenvalue weighted by Gasteiger charge is 2.21. The van der Waals surface area contributed by atoms with E-state index in [0.29, 0.717) is 11.3 Å². The summed E-state index contributed by atoms with van der Waals surface area (Å²) in [5.74, 6) is 0.757. The zero-order valence-corrected chi connectivity index (χ0v) is 11.6. The first-order chi connectivity index (χ1) is 7.61. The lowest BCUT2D eigenvalue weighted by atomic mass is 10.1. The van der Waals surface area contributed by atoms with Gasteiger partial charge in [0.25, 0.3) is 0 Å². The highest BCUT2D eigenvalue weighted by atomic mass is 32.2. The molecule has 0 aliphatic carbocycles.